The SMILES string of the molecule is CCOC(=O)[C@@H]1CCCN(C(=O)[C@H]2COc3ccccc3O2)C1. The van der Waals surface area contributed by atoms with Crippen LogP contribution in [0.15, 0.2) is 24.3 Å². The van der Waals surface area contributed by atoms with Gasteiger partial charge in [0.25, 0.3) is 5.91 Å². The Morgan fingerprint density at radius 3 is 2.87 bits per heavy atom. The molecule has 0 aliphatic carbocycles. The molecule has 124 valence electrons. The Kier molecular flexibility index (Phi) is 4.69. The quantitative estimate of drug-likeness (QED) is 0.792. The van der Waals surface area contributed by atoms with Crippen LogP contribution >= 0.6 is 0 Å². The Morgan fingerprint density at radius 2 is 2.09 bits per heavy atom. The molecule has 6 nitrogen and oxygen atoms in total. The van der Waals surface area contributed by atoms with Crippen LogP contribution in [0.2, 0.25) is 0 Å². The van der Waals surface area contributed by atoms with Crippen molar-refractivity contribution in [2.75, 3.05) is 26.3 Å². The molecule has 0 bridgehead atoms. The summed E-state index contributed by atoms with van der Waals surface area (Å²) in [5.74, 6) is 0.629. The van der Waals surface area contributed by atoms with Crippen LogP contribution in [0.3, 0.4) is 0 Å². The third kappa shape index (κ3) is 3.41. The molecule has 1 fully saturated rings. The molecule has 0 saturated carbocycles. The summed E-state index contributed by atoms with van der Waals surface area (Å²) >= 11 is 0. The number of hydrogen-bond donors (Lipinski definition) is 0. The first-order valence-electron chi connectivity index (χ1n) is 8.03. The highest BCUT2D eigenvalue weighted by Crippen LogP contribution is 2.31. The number of fused-ring (bicyclic) bond motifs is 1. The van der Waals surface area contributed by atoms with E-state index in [4.69, 9.17) is 14.2 Å². The van der Waals surface area contributed by atoms with E-state index in [-0.39, 0.29) is 24.4 Å². The van der Waals surface area contributed by atoms with Crippen molar-refractivity contribution in [3.05, 3.63) is 24.3 Å². The maximum absolute atomic E-state index is 12.7. The predicted octanol–water partition coefficient (Wildman–Crippen LogP) is 1.63. The van der Waals surface area contributed by atoms with E-state index in [9.17, 15) is 9.59 Å². The van der Waals surface area contributed by atoms with Crippen LogP contribution < -0.4 is 9.47 Å². The Hall–Kier alpha value is -2.24. The summed E-state index contributed by atoms with van der Waals surface area (Å²) in [5.41, 5.74) is 0. The van der Waals surface area contributed by atoms with Gasteiger partial charge in [0, 0.05) is 13.1 Å². The molecule has 0 N–H and O–H groups in total. The minimum Gasteiger partial charge on any atom is -0.485 e. The summed E-state index contributed by atoms with van der Waals surface area (Å²) in [5, 5.41) is 0. The van der Waals surface area contributed by atoms with Crippen LogP contribution in [0.4, 0.5) is 0 Å². The van der Waals surface area contributed by atoms with Gasteiger partial charge in [-0.3, -0.25) is 9.59 Å². The van der Waals surface area contributed by atoms with E-state index < -0.39 is 6.10 Å². The minimum atomic E-state index is -0.661. The van der Waals surface area contributed by atoms with Crippen molar-refractivity contribution in [1.29, 1.82) is 0 Å². The number of hydrogen-bond acceptors (Lipinski definition) is 5. The molecule has 2 aliphatic heterocycles. The lowest BCUT2D eigenvalue weighted by Gasteiger charge is -2.35. The van der Waals surface area contributed by atoms with Gasteiger partial charge in [-0.25, -0.2) is 0 Å². The van der Waals surface area contributed by atoms with Crippen molar-refractivity contribution in [3.63, 3.8) is 0 Å². The second-order valence-corrected chi connectivity index (χ2v) is 5.74. The Morgan fingerprint density at radius 1 is 1.30 bits per heavy atom. The molecule has 0 aromatic heterocycles. The molecule has 6 heteroatoms. The minimum absolute atomic E-state index is 0.131. The van der Waals surface area contributed by atoms with Crippen LogP contribution in [0, 0.1) is 5.92 Å². The first kappa shape index (κ1) is 15.6. The zero-order valence-electron chi connectivity index (χ0n) is 13.2. The van der Waals surface area contributed by atoms with Crippen molar-refractivity contribution in [2.45, 2.75) is 25.9 Å². The summed E-state index contributed by atoms with van der Waals surface area (Å²) in [6.07, 6.45) is 0.887. The number of piperidine rings is 1. The van der Waals surface area contributed by atoms with Crippen molar-refractivity contribution in [1.82, 2.24) is 4.90 Å². The van der Waals surface area contributed by atoms with Crippen molar-refractivity contribution >= 4 is 11.9 Å². The van der Waals surface area contributed by atoms with E-state index in [1.807, 2.05) is 18.2 Å². The van der Waals surface area contributed by atoms with Crippen LogP contribution in [0.5, 0.6) is 11.5 Å². The highest BCUT2D eigenvalue weighted by Gasteiger charge is 2.35. The third-order valence-corrected chi connectivity index (χ3v) is 4.14. The first-order chi connectivity index (χ1) is 11.2. The summed E-state index contributed by atoms with van der Waals surface area (Å²) in [4.78, 5) is 26.2. The highest BCUT2D eigenvalue weighted by atomic mass is 16.6. The number of carbonyl (C=O) groups is 2. The number of amides is 1. The largest absolute Gasteiger partial charge is 0.485 e. The molecule has 0 radical (unpaired) electrons. The fourth-order valence-corrected chi connectivity index (χ4v) is 2.97. The van der Waals surface area contributed by atoms with Gasteiger partial charge in [-0.05, 0) is 31.9 Å². The average Bonchev–Trinajstić information content (AvgIpc) is 2.61. The zero-order valence-corrected chi connectivity index (χ0v) is 13.2. The summed E-state index contributed by atoms with van der Waals surface area (Å²) in [7, 11) is 0. The molecule has 23 heavy (non-hydrogen) atoms. The molecule has 3 rings (SSSR count). The van der Waals surface area contributed by atoms with Crippen molar-refractivity contribution in [2.24, 2.45) is 5.92 Å². The van der Waals surface area contributed by atoms with Crippen LogP contribution in [0.1, 0.15) is 19.8 Å². The number of para-hydroxylation sites is 2. The van der Waals surface area contributed by atoms with Crippen LogP contribution in [-0.2, 0) is 14.3 Å². The van der Waals surface area contributed by atoms with Gasteiger partial charge in [-0.2, -0.15) is 0 Å². The number of carbonyl (C=O) groups excluding carboxylic acids is 2. The van der Waals surface area contributed by atoms with Crippen LogP contribution in [0.25, 0.3) is 0 Å². The maximum atomic E-state index is 12.7. The fourth-order valence-electron chi connectivity index (χ4n) is 2.97. The average molecular weight is 319 g/mol. The summed E-state index contributed by atoms with van der Waals surface area (Å²) in [6.45, 7) is 3.36. The summed E-state index contributed by atoms with van der Waals surface area (Å²) < 4.78 is 16.4. The van der Waals surface area contributed by atoms with Crippen molar-refractivity contribution in [3.8, 4) is 11.5 Å². The molecule has 0 unspecified atom stereocenters. The number of esters is 1. The first-order valence-corrected chi connectivity index (χ1v) is 8.03. The Labute approximate surface area is 135 Å². The molecule has 1 aromatic carbocycles. The normalized spacial score (nSPS) is 23.3. The third-order valence-electron chi connectivity index (χ3n) is 4.14. The molecule has 0 spiro atoms. The second kappa shape index (κ2) is 6.89. The van der Waals surface area contributed by atoms with Gasteiger partial charge >= 0.3 is 5.97 Å². The molecule has 2 aliphatic rings. The second-order valence-electron chi connectivity index (χ2n) is 5.74. The number of benzene rings is 1. The van der Waals surface area contributed by atoms with Gasteiger partial charge < -0.3 is 19.1 Å². The Balaban J connectivity index is 1.63. The van der Waals surface area contributed by atoms with Gasteiger partial charge in [0.15, 0.2) is 11.5 Å². The molecule has 1 amide bonds. The van der Waals surface area contributed by atoms with E-state index in [1.165, 1.54) is 0 Å². The van der Waals surface area contributed by atoms with E-state index in [0.717, 1.165) is 12.8 Å². The molecular formula is C17H21NO5. The Bertz CT molecular complexity index is 588. The standard InChI is InChI=1S/C17H21NO5/c1-2-21-17(20)12-6-5-9-18(10-12)16(19)15-11-22-13-7-3-4-8-14(13)23-15/h3-4,7-8,12,15H,2,5-6,9-11H2,1H3/t12-,15-/m1/s1. The van der Waals surface area contributed by atoms with E-state index in [2.05, 4.69) is 0 Å². The smallest absolute Gasteiger partial charge is 0.310 e. The predicted molar refractivity (Wildman–Crippen MR) is 82.3 cm³/mol. The maximum Gasteiger partial charge on any atom is 0.310 e. The lowest BCUT2D eigenvalue weighted by molar-refractivity contribution is -0.153. The van der Waals surface area contributed by atoms with Gasteiger partial charge in [0.2, 0.25) is 6.10 Å². The topological polar surface area (TPSA) is 65.1 Å². The van der Waals surface area contributed by atoms with E-state index >= 15 is 0 Å². The number of ether oxygens (including phenoxy) is 3. The zero-order chi connectivity index (χ0) is 16.2. The number of rotatable bonds is 3. The highest BCUT2D eigenvalue weighted by molar-refractivity contribution is 5.83. The molecule has 1 aromatic rings. The number of nitrogens with zero attached hydrogens (tertiary/aromatic N) is 1. The molecular weight excluding hydrogens is 298 g/mol. The van der Waals surface area contributed by atoms with Gasteiger partial charge in [0.05, 0.1) is 12.5 Å². The van der Waals surface area contributed by atoms with Crippen LogP contribution in [-0.4, -0.2) is 49.2 Å². The lowest BCUT2D eigenvalue weighted by atomic mass is 9.97. The lowest BCUT2D eigenvalue weighted by Crippen LogP contribution is -2.50. The summed E-state index contributed by atoms with van der Waals surface area (Å²) in [6, 6.07) is 7.30. The molecule has 1 saturated heterocycles. The van der Waals surface area contributed by atoms with Gasteiger partial charge in [0.1, 0.15) is 6.61 Å². The fraction of sp³-hybridized carbons (Fsp3) is 0.529. The van der Waals surface area contributed by atoms with E-state index in [1.54, 1.807) is 17.9 Å². The number of likely N-dealkylation sites (tertiary alicyclic amines) is 1. The monoisotopic (exact) mass is 319 g/mol. The van der Waals surface area contributed by atoms with E-state index in [0.29, 0.717) is 31.2 Å². The van der Waals surface area contributed by atoms with Gasteiger partial charge in [-0.15, -0.1) is 0 Å². The molecule has 2 heterocycles. The van der Waals surface area contributed by atoms with Crippen molar-refractivity contribution < 1.29 is 23.8 Å². The molecule has 2 atom stereocenters. The van der Waals surface area contributed by atoms with Gasteiger partial charge in [-0.1, -0.05) is 12.1 Å².